The van der Waals surface area contributed by atoms with E-state index >= 15 is 0 Å². The number of Topliss-reactive ketones (excluding diaryl/α,β-unsaturated/α-hetero) is 1. The molecule has 1 aliphatic heterocycles. The number of carbonyl (C=O) groups is 1. The minimum Gasteiger partial charge on any atom is -0.370 e. The molecule has 1 saturated heterocycles. The molecule has 4 heteroatoms. The van der Waals surface area contributed by atoms with Gasteiger partial charge in [0, 0.05) is 17.2 Å². The largest absolute Gasteiger partial charge is 0.370 e. The summed E-state index contributed by atoms with van der Waals surface area (Å²) in [5.74, 6) is -0.0628. The maximum absolute atomic E-state index is 12.1. The molecule has 1 unspecified atom stereocenters. The van der Waals surface area contributed by atoms with Gasteiger partial charge in [-0.2, -0.15) is 0 Å². The normalized spacial score (nSPS) is 20.8. The van der Waals surface area contributed by atoms with E-state index in [0.29, 0.717) is 22.2 Å². The van der Waals surface area contributed by atoms with Crippen molar-refractivity contribution in [3.8, 4) is 0 Å². The third-order valence-corrected chi connectivity index (χ3v) is 3.23. The summed E-state index contributed by atoms with van der Waals surface area (Å²) in [4.78, 5) is 12.1. The fourth-order valence-electron chi connectivity index (χ4n) is 1.81. The van der Waals surface area contributed by atoms with Gasteiger partial charge in [0.05, 0.1) is 5.02 Å². The Labute approximate surface area is 104 Å². The molecular formula is C12H12Cl2O2. The first kappa shape index (κ1) is 11.9. The quantitative estimate of drug-likeness (QED) is 0.756. The molecule has 0 N–H and O–H groups in total. The van der Waals surface area contributed by atoms with Crippen LogP contribution in [0.4, 0.5) is 0 Å². The van der Waals surface area contributed by atoms with Gasteiger partial charge in [0.1, 0.15) is 6.10 Å². The number of ketones is 1. The van der Waals surface area contributed by atoms with E-state index in [1.165, 1.54) is 0 Å². The number of carbonyl (C=O) groups excluding carboxylic acids is 1. The van der Waals surface area contributed by atoms with Crippen LogP contribution in [0.25, 0.3) is 0 Å². The molecule has 0 aromatic heterocycles. The van der Waals surface area contributed by atoms with Gasteiger partial charge in [-0.15, -0.1) is 0 Å². The minimum absolute atomic E-state index is 0.0628. The lowest BCUT2D eigenvalue weighted by atomic mass is 10.00. The Kier molecular flexibility index (Phi) is 3.85. The number of rotatable bonds is 2. The smallest absolute Gasteiger partial charge is 0.193 e. The third kappa shape index (κ3) is 2.57. The summed E-state index contributed by atoms with van der Waals surface area (Å²) in [6, 6.07) is 4.91. The SMILES string of the molecule is O=C(c1cc(Cl)ccc1Cl)C1CCCCO1. The van der Waals surface area contributed by atoms with E-state index in [9.17, 15) is 4.79 Å². The predicted octanol–water partition coefficient (Wildman–Crippen LogP) is 3.75. The van der Waals surface area contributed by atoms with Crippen LogP contribution >= 0.6 is 23.2 Å². The van der Waals surface area contributed by atoms with Gasteiger partial charge in [0.2, 0.25) is 0 Å². The molecule has 0 bridgehead atoms. The van der Waals surface area contributed by atoms with Crippen molar-refractivity contribution < 1.29 is 9.53 Å². The lowest BCUT2D eigenvalue weighted by molar-refractivity contribution is 0.0186. The second kappa shape index (κ2) is 5.17. The maximum Gasteiger partial charge on any atom is 0.193 e. The highest BCUT2D eigenvalue weighted by Gasteiger charge is 2.24. The van der Waals surface area contributed by atoms with Crippen LogP contribution < -0.4 is 0 Å². The summed E-state index contributed by atoms with van der Waals surface area (Å²) in [6.07, 6.45) is 2.45. The molecule has 0 spiro atoms. The molecule has 1 fully saturated rings. The predicted molar refractivity (Wildman–Crippen MR) is 64.4 cm³/mol. The van der Waals surface area contributed by atoms with Crippen LogP contribution in [0, 0.1) is 0 Å². The van der Waals surface area contributed by atoms with E-state index in [-0.39, 0.29) is 11.9 Å². The van der Waals surface area contributed by atoms with Crippen LogP contribution in [-0.2, 0) is 4.74 Å². The fourth-order valence-corrected chi connectivity index (χ4v) is 2.19. The molecule has 0 aliphatic carbocycles. The standard InChI is InChI=1S/C12H12Cl2O2/c13-8-4-5-10(14)9(7-8)12(15)11-3-1-2-6-16-11/h4-5,7,11H,1-3,6H2. The van der Waals surface area contributed by atoms with Crippen molar-refractivity contribution in [2.24, 2.45) is 0 Å². The van der Waals surface area contributed by atoms with Gasteiger partial charge in [0.15, 0.2) is 5.78 Å². The van der Waals surface area contributed by atoms with Crippen LogP contribution in [0.3, 0.4) is 0 Å². The van der Waals surface area contributed by atoms with Gasteiger partial charge in [-0.1, -0.05) is 23.2 Å². The van der Waals surface area contributed by atoms with Crippen LogP contribution in [0.5, 0.6) is 0 Å². The van der Waals surface area contributed by atoms with Crippen molar-refractivity contribution >= 4 is 29.0 Å². The van der Waals surface area contributed by atoms with Crippen molar-refractivity contribution in [2.45, 2.75) is 25.4 Å². The van der Waals surface area contributed by atoms with Gasteiger partial charge >= 0.3 is 0 Å². The molecule has 16 heavy (non-hydrogen) atoms. The van der Waals surface area contributed by atoms with E-state index in [0.717, 1.165) is 19.3 Å². The molecule has 1 atom stereocenters. The minimum atomic E-state index is -0.357. The Morgan fingerprint density at radius 3 is 2.81 bits per heavy atom. The molecule has 0 amide bonds. The summed E-state index contributed by atoms with van der Waals surface area (Å²) in [5.41, 5.74) is 0.459. The Hall–Kier alpha value is -0.570. The molecule has 1 heterocycles. The molecular weight excluding hydrogens is 247 g/mol. The monoisotopic (exact) mass is 258 g/mol. The van der Waals surface area contributed by atoms with E-state index in [4.69, 9.17) is 27.9 Å². The van der Waals surface area contributed by atoms with Crippen molar-refractivity contribution in [3.05, 3.63) is 33.8 Å². The van der Waals surface area contributed by atoms with Gasteiger partial charge in [-0.25, -0.2) is 0 Å². The van der Waals surface area contributed by atoms with Crippen LogP contribution in [0.2, 0.25) is 10.0 Å². The summed E-state index contributed by atoms with van der Waals surface area (Å²) in [7, 11) is 0. The Morgan fingerprint density at radius 1 is 1.31 bits per heavy atom. The first-order valence-corrected chi connectivity index (χ1v) is 6.05. The van der Waals surface area contributed by atoms with Gasteiger partial charge in [-0.05, 0) is 37.5 Å². The molecule has 1 aromatic rings. The molecule has 86 valence electrons. The summed E-state index contributed by atoms with van der Waals surface area (Å²) < 4.78 is 5.44. The highest BCUT2D eigenvalue weighted by molar-refractivity contribution is 6.36. The zero-order valence-corrected chi connectivity index (χ0v) is 10.2. The van der Waals surface area contributed by atoms with Crippen molar-refractivity contribution in [1.29, 1.82) is 0 Å². The average molecular weight is 259 g/mol. The number of benzene rings is 1. The number of hydrogen-bond acceptors (Lipinski definition) is 2. The Bertz CT molecular complexity index is 398. The molecule has 2 rings (SSSR count). The first-order valence-electron chi connectivity index (χ1n) is 5.29. The lowest BCUT2D eigenvalue weighted by Crippen LogP contribution is -2.28. The molecule has 1 aliphatic rings. The molecule has 0 radical (unpaired) electrons. The number of hydrogen-bond donors (Lipinski definition) is 0. The second-order valence-corrected chi connectivity index (χ2v) is 4.69. The van der Waals surface area contributed by atoms with Crippen LogP contribution in [-0.4, -0.2) is 18.5 Å². The van der Waals surface area contributed by atoms with E-state index in [2.05, 4.69) is 0 Å². The molecule has 2 nitrogen and oxygen atoms in total. The second-order valence-electron chi connectivity index (χ2n) is 3.84. The Morgan fingerprint density at radius 2 is 2.12 bits per heavy atom. The van der Waals surface area contributed by atoms with Gasteiger partial charge in [0.25, 0.3) is 0 Å². The zero-order chi connectivity index (χ0) is 11.5. The van der Waals surface area contributed by atoms with Gasteiger partial charge in [-0.3, -0.25) is 4.79 Å². The summed E-state index contributed by atoms with van der Waals surface area (Å²) in [6.45, 7) is 0.647. The highest BCUT2D eigenvalue weighted by atomic mass is 35.5. The topological polar surface area (TPSA) is 26.3 Å². The molecule has 0 saturated carbocycles. The van der Waals surface area contributed by atoms with E-state index in [1.54, 1.807) is 18.2 Å². The number of halogens is 2. The summed E-state index contributed by atoms with van der Waals surface area (Å²) >= 11 is 11.8. The Balaban J connectivity index is 2.22. The van der Waals surface area contributed by atoms with Crippen LogP contribution in [0.1, 0.15) is 29.6 Å². The van der Waals surface area contributed by atoms with Crippen molar-refractivity contribution in [2.75, 3.05) is 6.61 Å². The number of ether oxygens (including phenoxy) is 1. The third-order valence-electron chi connectivity index (χ3n) is 2.67. The lowest BCUT2D eigenvalue weighted by Gasteiger charge is -2.21. The maximum atomic E-state index is 12.1. The van der Waals surface area contributed by atoms with E-state index < -0.39 is 0 Å². The van der Waals surface area contributed by atoms with Crippen LogP contribution in [0.15, 0.2) is 18.2 Å². The molecule has 1 aromatic carbocycles. The average Bonchev–Trinajstić information content (AvgIpc) is 2.32. The van der Waals surface area contributed by atoms with E-state index in [1.807, 2.05) is 0 Å². The van der Waals surface area contributed by atoms with Gasteiger partial charge < -0.3 is 4.74 Å². The van der Waals surface area contributed by atoms with Crippen molar-refractivity contribution in [1.82, 2.24) is 0 Å². The highest BCUT2D eigenvalue weighted by Crippen LogP contribution is 2.25. The zero-order valence-electron chi connectivity index (χ0n) is 8.71. The fraction of sp³-hybridized carbons (Fsp3) is 0.417. The first-order chi connectivity index (χ1) is 7.68. The summed E-state index contributed by atoms with van der Waals surface area (Å²) in [5, 5.41) is 0.951. The van der Waals surface area contributed by atoms with Crippen molar-refractivity contribution in [3.63, 3.8) is 0 Å².